The fraction of sp³-hybridized carbons (Fsp3) is 0.238. The molecule has 0 radical (unpaired) electrons. The van der Waals surface area contributed by atoms with Crippen LogP contribution in [0.4, 0.5) is 0 Å². The molecule has 0 saturated heterocycles. The predicted octanol–water partition coefficient (Wildman–Crippen LogP) is 2.65. The van der Waals surface area contributed by atoms with E-state index in [1.807, 2.05) is 0 Å². The van der Waals surface area contributed by atoms with Crippen molar-refractivity contribution < 1.29 is 24.5 Å². The molecule has 1 aliphatic rings. The summed E-state index contributed by atoms with van der Waals surface area (Å²) < 4.78 is 10.6. The number of nitrogens with zero attached hydrogens (tertiary/aromatic N) is 2. The summed E-state index contributed by atoms with van der Waals surface area (Å²) in [6, 6.07) is 12.9. The second-order valence-electron chi connectivity index (χ2n) is 6.76. The molecule has 1 aromatic heterocycles. The number of nitrogens with one attached hydrogen (secondary N) is 1. The lowest BCUT2D eigenvalue weighted by atomic mass is 9.96. The van der Waals surface area contributed by atoms with Gasteiger partial charge in [-0.15, -0.1) is 0 Å². The van der Waals surface area contributed by atoms with Gasteiger partial charge in [0.2, 0.25) is 0 Å². The zero-order chi connectivity index (χ0) is 20.5. The van der Waals surface area contributed by atoms with E-state index in [1.165, 1.54) is 14.2 Å². The number of hydrogen-bond donors (Lipinski definition) is 3. The molecule has 1 unspecified atom stereocenters. The number of carbonyl (C=O) groups excluding carboxylic acids is 1. The van der Waals surface area contributed by atoms with Crippen LogP contribution in [0.5, 0.6) is 11.5 Å². The van der Waals surface area contributed by atoms with Crippen molar-refractivity contribution in [1.29, 1.82) is 0 Å². The fourth-order valence-electron chi connectivity index (χ4n) is 3.63. The lowest BCUT2D eigenvalue weighted by Gasteiger charge is -2.29. The van der Waals surface area contributed by atoms with Crippen LogP contribution in [0.1, 0.15) is 27.7 Å². The van der Waals surface area contributed by atoms with E-state index in [1.54, 1.807) is 53.4 Å². The highest BCUT2D eigenvalue weighted by Gasteiger charge is 2.43. The number of benzene rings is 2. The molecule has 1 atom stereocenters. The number of hydrogen-bond acceptors (Lipinski definition) is 6. The van der Waals surface area contributed by atoms with Gasteiger partial charge in [-0.3, -0.25) is 9.89 Å². The van der Waals surface area contributed by atoms with Crippen LogP contribution in [0.3, 0.4) is 0 Å². The fourth-order valence-corrected chi connectivity index (χ4v) is 3.63. The summed E-state index contributed by atoms with van der Waals surface area (Å²) in [6.45, 7) is 0.217. The van der Waals surface area contributed by atoms with E-state index in [-0.39, 0.29) is 24.0 Å². The molecule has 3 N–H and O–H groups in total. The standard InChI is InChI=1S/C21H21N3O5/c1-28-16(29-2)11-24-20(13-5-9-15(26)10-6-13)17-18(22-23-19(17)21(24)27)12-3-7-14(25)8-4-12/h3-10,16,20,25-26H,11H2,1-2H3,(H,22,23). The third-order valence-corrected chi connectivity index (χ3v) is 5.08. The molecule has 0 saturated carbocycles. The summed E-state index contributed by atoms with van der Waals surface area (Å²) in [7, 11) is 3.04. The van der Waals surface area contributed by atoms with Gasteiger partial charge in [-0.25, -0.2) is 0 Å². The third kappa shape index (κ3) is 3.32. The Labute approximate surface area is 167 Å². The first-order valence-corrected chi connectivity index (χ1v) is 9.06. The second-order valence-corrected chi connectivity index (χ2v) is 6.76. The van der Waals surface area contributed by atoms with Crippen molar-refractivity contribution in [3.05, 3.63) is 65.4 Å². The average Bonchev–Trinajstić information content (AvgIpc) is 3.27. The topological polar surface area (TPSA) is 108 Å². The Morgan fingerprint density at radius 1 is 1.03 bits per heavy atom. The number of ether oxygens (including phenoxy) is 2. The van der Waals surface area contributed by atoms with E-state index >= 15 is 0 Å². The molecule has 1 aliphatic heterocycles. The van der Waals surface area contributed by atoms with Crippen molar-refractivity contribution in [3.63, 3.8) is 0 Å². The lowest BCUT2D eigenvalue weighted by Crippen LogP contribution is -2.38. The Hall–Kier alpha value is -3.36. The minimum absolute atomic E-state index is 0.141. The Balaban J connectivity index is 1.84. The van der Waals surface area contributed by atoms with Crippen LogP contribution in [-0.2, 0) is 9.47 Å². The third-order valence-electron chi connectivity index (χ3n) is 5.08. The molecule has 2 heterocycles. The number of fused-ring (bicyclic) bond motifs is 1. The number of rotatable bonds is 6. The first kappa shape index (κ1) is 19.0. The van der Waals surface area contributed by atoms with Gasteiger partial charge < -0.3 is 24.6 Å². The highest BCUT2D eigenvalue weighted by molar-refractivity contribution is 6.00. The van der Waals surface area contributed by atoms with E-state index in [9.17, 15) is 15.0 Å². The highest BCUT2D eigenvalue weighted by atomic mass is 16.7. The molecule has 0 bridgehead atoms. The number of phenols is 2. The SMILES string of the molecule is COC(CN1C(=O)c2[nH]nc(-c3ccc(O)cc3)c2C1c1ccc(O)cc1)OC. The molecule has 0 fully saturated rings. The predicted molar refractivity (Wildman–Crippen MR) is 104 cm³/mol. The number of phenolic OH excluding ortho intramolecular Hbond substituents is 2. The number of methoxy groups -OCH3 is 2. The van der Waals surface area contributed by atoms with Gasteiger partial charge in [0.15, 0.2) is 6.29 Å². The normalized spacial score (nSPS) is 15.9. The van der Waals surface area contributed by atoms with Crippen LogP contribution in [0.15, 0.2) is 48.5 Å². The maximum Gasteiger partial charge on any atom is 0.273 e. The number of H-pyrrole nitrogens is 1. The molecule has 1 amide bonds. The van der Waals surface area contributed by atoms with Crippen LogP contribution in [-0.4, -0.2) is 58.3 Å². The molecular formula is C21H21N3O5. The van der Waals surface area contributed by atoms with E-state index in [4.69, 9.17) is 9.47 Å². The molecular weight excluding hydrogens is 374 g/mol. The maximum absolute atomic E-state index is 13.2. The number of aromatic hydroxyl groups is 2. The summed E-state index contributed by atoms with van der Waals surface area (Å²) in [5.74, 6) is 0.0777. The molecule has 150 valence electrons. The Bertz CT molecular complexity index is 1010. The van der Waals surface area contributed by atoms with Crippen molar-refractivity contribution >= 4 is 5.91 Å². The highest BCUT2D eigenvalue weighted by Crippen LogP contribution is 2.43. The van der Waals surface area contributed by atoms with E-state index in [0.29, 0.717) is 11.4 Å². The monoisotopic (exact) mass is 395 g/mol. The summed E-state index contributed by atoms with van der Waals surface area (Å²) >= 11 is 0. The summed E-state index contributed by atoms with van der Waals surface area (Å²) in [4.78, 5) is 14.8. The van der Waals surface area contributed by atoms with Crippen LogP contribution in [0.25, 0.3) is 11.3 Å². The molecule has 3 aromatic rings. The van der Waals surface area contributed by atoms with Crippen LogP contribution >= 0.6 is 0 Å². The van der Waals surface area contributed by atoms with Gasteiger partial charge in [0.25, 0.3) is 5.91 Å². The van der Waals surface area contributed by atoms with Crippen molar-refractivity contribution in [2.45, 2.75) is 12.3 Å². The molecule has 8 heteroatoms. The van der Waals surface area contributed by atoms with Crippen molar-refractivity contribution in [2.24, 2.45) is 0 Å². The maximum atomic E-state index is 13.2. The molecule has 8 nitrogen and oxygen atoms in total. The Morgan fingerprint density at radius 2 is 1.62 bits per heavy atom. The first-order valence-electron chi connectivity index (χ1n) is 9.06. The number of amides is 1. The largest absolute Gasteiger partial charge is 0.508 e. The summed E-state index contributed by atoms with van der Waals surface area (Å²) in [6.07, 6.45) is -0.590. The van der Waals surface area contributed by atoms with Crippen LogP contribution in [0, 0.1) is 0 Å². The van der Waals surface area contributed by atoms with Crippen molar-refractivity contribution in [1.82, 2.24) is 15.1 Å². The summed E-state index contributed by atoms with van der Waals surface area (Å²) in [5.41, 5.74) is 3.35. The molecule has 29 heavy (non-hydrogen) atoms. The molecule has 0 aliphatic carbocycles. The first-order chi connectivity index (χ1) is 14.0. The Kier molecular flexibility index (Phi) is 4.96. The number of aromatic amines is 1. The van der Waals surface area contributed by atoms with Gasteiger partial charge in [-0.05, 0) is 42.0 Å². The van der Waals surface area contributed by atoms with E-state index in [0.717, 1.165) is 16.7 Å². The van der Waals surface area contributed by atoms with Gasteiger partial charge in [0.1, 0.15) is 17.2 Å². The zero-order valence-electron chi connectivity index (χ0n) is 16.0. The van der Waals surface area contributed by atoms with Crippen molar-refractivity contribution in [3.8, 4) is 22.8 Å². The molecule has 2 aromatic carbocycles. The van der Waals surface area contributed by atoms with Gasteiger partial charge in [0.05, 0.1) is 18.3 Å². The molecule has 0 spiro atoms. The van der Waals surface area contributed by atoms with Crippen LogP contribution in [0.2, 0.25) is 0 Å². The van der Waals surface area contributed by atoms with Crippen LogP contribution < -0.4 is 0 Å². The minimum atomic E-state index is -0.590. The smallest absolute Gasteiger partial charge is 0.273 e. The minimum Gasteiger partial charge on any atom is -0.508 e. The molecule has 4 rings (SSSR count). The summed E-state index contributed by atoms with van der Waals surface area (Å²) in [5, 5.41) is 26.5. The van der Waals surface area contributed by atoms with Gasteiger partial charge in [-0.2, -0.15) is 5.10 Å². The second kappa shape index (κ2) is 7.57. The van der Waals surface area contributed by atoms with Crippen molar-refractivity contribution in [2.75, 3.05) is 20.8 Å². The van der Waals surface area contributed by atoms with E-state index in [2.05, 4.69) is 10.2 Å². The average molecular weight is 395 g/mol. The van der Waals surface area contributed by atoms with Gasteiger partial charge in [0, 0.05) is 25.3 Å². The number of aromatic nitrogens is 2. The zero-order valence-corrected chi connectivity index (χ0v) is 16.0. The van der Waals surface area contributed by atoms with Gasteiger partial charge >= 0.3 is 0 Å². The Morgan fingerprint density at radius 3 is 2.21 bits per heavy atom. The number of carbonyl (C=O) groups is 1. The van der Waals surface area contributed by atoms with Gasteiger partial charge in [-0.1, -0.05) is 12.1 Å². The van der Waals surface area contributed by atoms with E-state index < -0.39 is 12.3 Å². The quantitative estimate of drug-likeness (QED) is 0.554. The lowest BCUT2D eigenvalue weighted by molar-refractivity contribution is -0.113.